The molecule has 3 nitrogen and oxygen atoms in total. The molecule has 0 aliphatic carbocycles. The third-order valence-corrected chi connectivity index (χ3v) is 3.01. The highest BCUT2D eigenvalue weighted by Gasteiger charge is 2.11. The first kappa shape index (κ1) is 14.5. The van der Waals surface area contributed by atoms with Gasteiger partial charge in [-0.2, -0.15) is 0 Å². The van der Waals surface area contributed by atoms with Crippen LogP contribution in [0.25, 0.3) is 0 Å². The molecule has 0 aliphatic heterocycles. The van der Waals surface area contributed by atoms with Gasteiger partial charge in [-0.1, -0.05) is 15.9 Å². The number of nitrogens with two attached hydrogens (primary N) is 1. The lowest BCUT2D eigenvalue weighted by atomic mass is 10.1. The Morgan fingerprint density at radius 1 is 1.35 bits per heavy atom. The van der Waals surface area contributed by atoms with Crippen LogP contribution in [0, 0.1) is 0 Å². The summed E-state index contributed by atoms with van der Waals surface area (Å²) >= 11 is 3.44. The monoisotopic (exact) mass is 301 g/mol. The zero-order chi connectivity index (χ0) is 12.8. The van der Waals surface area contributed by atoms with E-state index in [0.717, 1.165) is 22.2 Å². The molecule has 0 aliphatic rings. The Balaban J connectivity index is 2.76. The molecule has 0 heterocycles. The molecule has 0 saturated carbocycles. The van der Waals surface area contributed by atoms with E-state index >= 15 is 0 Å². The SMILES string of the molecule is COCCC(C)Oc1ccc(Br)cc1C(C)N. The van der Waals surface area contributed by atoms with Crippen molar-refractivity contribution < 1.29 is 9.47 Å². The molecule has 0 saturated heterocycles. The van der Waals surface area contributed by atoms with E-state index in [0.29, 0.717) is 6.61 Å². The van der Waals surface area contributed by atoms with Gasteiger partial charge in [0.25, 0.3) is 0 Å². The van der Waals surface area contributed by atoms with Gasteiger partial charge in [0.05, 0.1) is 6.10 Å². The Labute approximate surface area is 111 Å². The maximum atomic E-state index is 5.93. The van der Waals surface area contributed by atoms with E-state index in [1.807, 2.05) is 32.0 Å². The van der Waals surface area contributed by atoms with Crippen LogP contribution in [0.1, 0.15) is 31.9 Å². The maximum Gasteiger partial charge on any atom is 0.124 e. The average Bonchev–Trinajstić information content (AvgIpc) is 2.28. The van der Waals surface area contributed by atoms with Gasteiger partial charge in [-0.25, -0.2) is 0 Å². The Bertz CT molecular complexity index is 355. The normalized spacial score (nSPS) is 14.4. The van der Waals surface area contributed by atoms with E-state index in [1.54, 1.807) is 7.11 Å². The number of hydrogen-bond acceptors (Lipinski definition) is 3. The predicted octanol–water partition coefficient (Wildman–Crippen LogP) is 3.27. The van der Waals surface area contributed by atoms with Gasteiger partial charge in [-0.3, -0.25) is 0 Å². The molecule has 17 heavy (non-hydrogen) atoms. The van der Waals surface area contributed by atoms with Gasteiger partial charge in [-0.05, 0) is 32.0 Å². The summed E-state index contributed by atoms with van der Waals surface area (Å²) in [5, 5.41) is 0. The molecule has 2 unspecified atom stereocenters. The highest BCUT2D eigenvalue weighted by molar-refractivity contribution is 9.10. The number of rotatable bonds is 6. The first-order valence-corrected chi connectivity index (χ1v) is 6.54. The summed E-state index contributed by atoms with van der Waals surface area (Å²) < 4.78 is 11.9. The van der Waals surface area contributed by atoms with Gasteiger partial charge >= 0.3 is 0 Å². The lowest BCUT2D eigenvalue weighted by Gasteiger charge is -2.19. The first-order chi connectivity index (χ1) is 8.04. The number of benzene rings is 1. The van der Waals surface area contributed by atoms with Crippen LogP contribution in [0.5, 0.6) is 5.75 Å². The van der Waals surface area contributed by atoms with Crippen molar-refractivity contribution in [3.05, 3.63) is 28.2 Å². The Hall–Kier alpha value is -0.580. The van der Waals surface area contributed by atoms with E-state index in [9.17, 15) is 0 Å². The number of ether oxygens (including phenoxy) is 2. The van der Waals surface area contributed by atoms with Crippen LogP contribution in [0.15, 0.2) is 22.7 Å². The van der Waals surface area contributed by atoms with Crippen LogP contribution < -0.4 is 10.5 Å². The van der Waals surface area contributed by atoms with E-state index in [1.165, 1.54) is 0 Å². The third-order valence-electron chi connectivity index (χ3n) is 2.52. The van der Waals surface area contributed by atoms with Gasteiger partial charge < -0.3 is 15.2 Å². The molecule has 0 radical (unpaired) electrons. The maximum absolute atomic E-state index is 5.93. The summed E-state index contributed by atoms with van der Waals surface area (Å²) in [7, 11) is 1.69. The van der Waals surface area contributed by atoms with E-state index in [4.69, 9.17) is 15.2 Å². The van der Waals surface area contributed by atoms with Crippen molar-refractivity contribution in [2.24, 2.45) is 5.73 Å². The fraction of sp³-hybridized carbons (Fsp3) is 0.538. The van der Waals surface area contributed by atoms with Crippen LogP contribution >= 0.6 is 15.9 Å². The van der Waals surface area contributed by atoms with E-state index < -0.39 is 0 Å². The molecule has 96 valence electrons. The molecule has 1 rings (SSSR count). The van der Waals surface area contributed by atoms with E-state index in [2.05, 4.69) is 15.9 Å². The molecule has 2 N–H and O–H groups in total. The molecular formula is C13H20BrNO2. The number of halogens is 1. The van der Waals surface area contributed by atoms with Crippen LogP contribution in [-0.2, 0) is 4.74 Å². The van der Waals surface area contributed by atoms with Gasteiger partial charge in [-0.15, -0.1) is 0 Å². The summed E-state index contributed by atoms with van der Waals surface area (Å²) in [6.45, 7) is 4.69. The first-order valence-electron chi connectivity index (χ1n) is 5.75. The molecule has 2 atom stereocenters. The number of hydrogen-bond donors (Lipinski definition) is 1. The quantitative estimate of drug-likeness (QED) is 0.877. The molecule has 0 fully saturated rings. The molecule has 4 heteroatoms. The summed E-state index contributed by atoms with van der Waals surface area (Å²) in [4.78, 5) is 0. The highest BCUT2D eigenvalue weighted by atomic mass is 79.9. The summed E-state index contributed by atoms with van der Waals surface area (Å²) in [5.74, 6) is 0.854. The second kappa shape index (κ2) is 6.99. The average molecular weight is 302 g/mol. The summed E-state index contributed by atoms with van der Waals surface area (Å²) in [6.07, 6.45) is 0.985. The van der Waals surface area contributed by atoms with Crippen molar-refractivity contribution >= 4 is 15.9 Å². The minimum absolute atomic E-state index is 0.0443. The van der Waals surface area contributed by atoms with Gasteiger partial charge in [0.15, 0.2) is 0 Å². The zero-order valence-corrected chi connectivity index (χ0v) is 12.2. The molecule has 1 aromatic rings. The fourth-order valence-electron chi connectivity index (χ4n) is 1.54. The molecule has 0 bridgehead atoms. The van der Waals surface area contributed by atoms with Gasteiger partial charge in [0.1, 0.15) is 5.75 Å². The molecule has 0 amide bonds. The van der Waals surface area contributed by atoms with Crippen molar-refractivity contribution in [2.45, 2.75) is 32.4 Å². The number of methoxy groups -OCH3 is 1. The second-order valence-corrected chi connectivity index (χ2v) is 5.10. The van der Waals surface area contributed by atoms with Crippen LogP contribution in [0.2, 0.25) is 0 Å². The largest absolute Gasteiger partial charge is 0.490 e. The fourth-order valence-corrected chi connectivity index (χ4v) is 1.92. The van der Waals surface area contributed by atoms with Crippen LogP contribution in [0.3, 0.4) is 0 Å². The molecule has 0 aromatic heterocycles. The smallest absolute Gasteiger partial charge is 0.124 e. The molecule has 0 spiro atoms. The van der Waals surface area contributed by atoms with Crippen molar-refractivity contribution in [3.8, 4) is 5.75 Å². The summed E-state index contributed by atoms with van der Waals surface area (Å²) in [5.41, 5.74) is 6.95. The standard InChI is InChI=1S/C13H20BrNO2/c1-9(6-7-16-3)17-13-5-4-11(14)8-12(13)10(2)15/h4-5,8-10H,6-7,15H2,1-3H3. The Kier molecular flexibility index (Phi) is 5.95. The zero-order valence-electron chi connectivity index (χ0n) is 10.6. The van der Waals surface area contributed by atoms with Crippen molar-refractivity contribution in [1.29, 1.82) is 0 Å². The second-order valence-electron chi connectivity index (χ2n) is 4.18. The van der Waals surface area contributed by atoms with Gasteiger partial charge in [0.2, 0.25) is 0 Å². The highest BCUT2D eigenvalue weighted by Crippen LogP contribution is 2.28. The lowest BCUT2D eigenvalue weighted by Crippen LogP contribution is -2.16. The minimum atomic E-state index is -0.0443. The predicted molar refractivity (Wildman–Crippen MR) is 73.3 cm³/mol. The van der Waals surface area contributed by atoms with Crippen molar-refractivity contribution in [3.63, 3.8) is 0 Å². The van der Waals surface area contributed by atoms with Crippen LogP contribution in [0.4, 0.5) is 0 Å². The molecule has 1 aromatic carbocycles. The topological polar surface area (TPSA) is 44.5 Å². The summed E-state index contributed by atoms with van der Waals surface area (Å²) in [6, 6.07) is 5.87. The van der Waals surface area contributed by atoms with E-state index in [-0.39, 0.29) is 12.1 Å². The minimum Gasteiger partial charge on any atom is -0.490 e. The van der Waals surface area contributed by atoms with Crippen molar-refractivity contribution in [2.75, 3.05) is 13.7 Å². The van der Waals surface area contributed by atoms with Crippen molar-refractivity contribution in [1.82, 2.24) is 0 Å². The van der Waals surface area contributed by atoms with Crippen LogP contribution in [-0.4, -0.2) is 19.8 Å². The Morgan fingerprint density at radius 3 is 2.65 bits per heavy atom. The lowest BCUT2D eigenvalue weighted by molar-refractivity contribution is 0.134. The Morgan fingerprint density at radius 2 is 2.06 bits per heavy atom. The van der Waals surface area contributed by atoms with Gasteiger partial charge in [0, 0.05) is 36.2 Å². The molecular weight excluding hydrogens is 282 g/mol. The third kappa shape index (κ3) is 4.66.